The summed E-state index contributed by atoms with van der Waals surface area (Å²) in [6.07, 6.45) is 4.51. The van der Waals surface area contributed by atoms with Crippen LogP contribution in [0.25, 0.3) is 0 Å². The fraction of sp³-hybridized carbons (Fsp3) is 0.100. The third-order valence-corrected chi connectivity index (χ3v) is 4.25. The predicted molar refractivity (Wildman–Crippen MR) is 90.6 cm³/mol. The molecular weight excluding hydrogens is 270 g/mol. The SMILES string of the molecule is C=CC1=C(C=C)N2c3ccc(C)cc3Cc3cccc(c32)O1. The van der Waals surface area contributed by atoms with Gasteiger partial charge in [0.2, 0.25) is 0 Å². The van der Waals surface area contributed by atoms with E-state index < -0.39 is 0 Å². The Morgan fingerprint density at radius 2 is 1.95 bits per heavy atom. The summed E-state index contributed by atoms with van der Waals surface area (Å²) in [6, 6.07) is 12.8. The summed E-state index contributed by atoms with van der Waals surface area (Å²) in [5.41, 5.74) is 7.15. The van der Waals surface area contributed by atoms with Gasteiger partial charge in [-0.1, -0.05) is 43.0 Å². The Hall–Kier alpha value is -2.74. The van der Waals surface area contributed by atoms with Gasteiger partial charge < -0.3 is 9.64 Å². The van der Waals surface area contributed by atoms with E-state index in [1.165, 1.54) is 22.4 Å². The van der Waals surface area contributed by atoms with Gasteiger partial charge in [0.15, 0.2) is 11.5 Å². The Labute approximate surface area is 130 Å². The molecule has 0 bridgehead atoms. The maximum atomic E-state index is 6.02. The van der Waals surface area contributed by atoms with Gasteiger partial charge in [0, 0.05) is 12.1 Å². The Morgan fingerprint density at radius 3 is 2.73 bits per heavy atom. The number of hydrogen-bond donors (Lipinski definition) is 0. The molecule has 0 radical (unpaired) electrons. The summed E-state index contributed by atoms with van der Waals surface area (Å²) in [7, 11) is 0. The number of fused-ring (bicyclic) bond motifs is 2. The number of allylic oxidation sites excluding steroid dienone is 2. The first-order chi connectivity index (χ1) is 10.7. The maximum Gasteiger partial charge on any atom is 0.151 e. The third-order valence-electron chi connectivity index (χ3n) is 4.25. The van der Waals surface area contributed by atoms with Gasteiger partial charge in [-0.2, -0.15) is 0 Å². The van der Waals surface area contributed by atoms with Crippen molar-refractivity contribution < 1.29 is 4.74 Å². The van der Waals surface area contributed by atoms with Crippen LogP contribution in [0, 0.1) is 6.92 Å². The number of anilines is 2. The van der Waals surface area contributed by atoms with Crippen LogP contribution in [-0.2, 0) is 6.42 Å². The van der Waals surface area contributed by atoms with Crippen molar-refractivity contribution in [1.29, 1.82) is 0 Å². The molecular formula is C20H17NO. The number of rotatable bonds is 2. The number of aryl methyl sites for hydroxylation is 1. The predicted octanol–water partition coefficient (Wildman–Crippen LogP) is 5.01. The number of nitrogens with zero attached hydrogens (tertiary/aromatic N) is 1. The summed E-state index contributed by atoms with van der Waals surface area (Å²) in [6.45, 7) is 9.98. The highest BCUT2D eigenvalue weighted by Crippen LogP contribution is 2.49. The highest BCUT2D eigenvalue weighted by atomic mass is 16.5. The summed E-state index contributed by atoms with van der Waals surface area (Å²) in [4.78, 5) is 2.25. The van der Waals surface area contributed by atoms with Gasteiger partial charge in [-0.05, 0) is 42.3 Å². The lowest BCUT2D eigenvalue weighted by atomic mass is 9.92. The molecule has 0 amide bonds. The van der Waals surface area contributed by atoms with E-state index in [-0.39, 0.29) is 0 Å². The van der Waals surface area contributed by atoms with Gasteiger partial charge in [-0.15, -0.1) is 0 Å². The zero-order valence-corrected chi connectivity index (χ0v) is 12.6. The van der Waals surface area contributed by atoms with Gasteiger partial charge >= 0.3 is 0 Å². The van der Waals surface area contributed by atoms with E-state index in [0.717, 1.165) is 29.3 Å². The second kappa shape index (κ2) is 4.63. The summed E-state index contributed by atoms with van der Waals surface area (Å²) >= 11 is 0. The molecule has 4 rings (SSSR count). The largest absolute Gasteiger partial charge is 0.453 e. The third kappa shape index (κ3) is 1.67. The normalized spacial score (nSPS) is 14.9. The second-order valence-electron chi connectivity index (χ2n) is 5.67. The topological polar surface area (TPSA) is 12.5 Å². The van der Waals surface area contributed by atoms with Crippen molar-refractivity contribution >= 4 is 11.4 Å². The Morgan fingerprint density at radius 1 is 1.09 bits per heavy atom. The van der Waals surface area contributed by atoms with Crippen molar-refractivity contribution in [3.63, 3.8) is 0 Å². The zero-order valence-electron chi connectivity index (χ0n) is 12.6. The molecule has 0 atom stereocenters. The van der Waals surface area contributed by atoms with E-state index in [1.807, 2.05) is 18.2 Å². The van der Waals surface area contributed by atoms with Crippen LogP contribution >= 0.6 is 0 Å². The minimum atomic E-state index is 0.744. The maximum absolute atomic E-state index is 6.02. The average Bonchev–Trinajstić information content (AvgIpc) is 2.54. The van der Waals surface area contributed by atoms with Crippen LogP contribution in [-0.4, -0.2) is 0 Å². The Kier molecular flexibility index (Phi) is 2.73. The molecule has 2 aliphatic rings. The van der Waals surface area contributed by atoms with E-state index in [1.54, 1.807) is 6.08 Å². The van der Waals surface area contributed by atoms with Gasteiger partial charge in [-0.3, -0.25) is 0 Å². The molecule has 108 valence electrons. The highest BCUT2D eigenvalue weighted by molar-refractivity contribution is 5.84. The van der Waals surface area contributed by atoms with Gasteiger partial charge in [0.1, 0.15) is 0 Å². The van der Waals surface area contributed by atoms with E-state index in [2.05, 4.69) is 49.2 Å². The Bertz CT molecular complexity index is 845. The van der Waals surface area contributed by atoms with Crippen molar-refractivity contribution in [2.24, 2.45) is 0 Å². The fourth-order valence-electron chi connectivity index (χ4n) is 3.32. The van der Waals surface area contributed by atoms with Crippen LogP contribution in [0.15, 0.2) is 73.2 Å². The molecule has 0 spiro atoms. The minimum Gasteiger partial charge on any atom is -0.453 e. The highest BCUT2D eigenvalue weighted by Gasteiger charge is 2.32. The van der Waals surface area contributed by atoms with Gasteiger partial charge in [-0.25, -0.2) is 0 Å². The molecule has 2 aliphatic heterocycles. The second-order valence-corrected chi connectivity index (χ2v) is 5.67. The standard InChI is InChI=1S/C20H17NO/c1-4-16-18(5-2)22-19-8-6-7-14-12-15-11-13(3)9-10-17(15)21(16)20(14)19/h4-11H,1-2,12H2,3H3. The molecule has 0 fully saturated rings. The molecule has 0 saturated heterocycles. The molecule has 2 heterocycles. The minimum absolute atomic E-state index is 0.744. The molecule has 2 aromatic rings. The van der Waals surface area contributed by atoms with E-state index in [9.17, 15) is 0 Å². The van der Waals surface area contributed by atoms with Crippen LogP contribution in [0.5, 0.6) is 5.75 Å². The summed E-state index contributed by atoms with van der Waals surface area (Å²) in [5.74, 6) is 1.62. The van der Waals surface area contributed by atoms with Crippen LogP contribution in [0.3, 0.4) is 0 Å². The lowest BCUT2D eigenvalue weighted by Gasteiger charge is -2.38. The van der Waals surface area contributed by atoms with E-state index in [4.69, 9.17) is 4.74 Å². The van der Waals surface area contributed by atoms with Crippen LogP contribution in [0.1, 0.15) is 16.7 Å². The molecule has 2 aromatic carbocycles. The van der Waals surface area contributed by atoms with Crippen LogP contribution < -0.4 is 9.64 Å². The van der Waals surface area contributed by atoms with Crippen molar-refractivity contribution in [3.05, 3.63) is 89.9 Å². The number of para-hydroxylation sites is 1. The summed E-state index contributed by atoms with van der Waals surface area (Å²) < 4.78 is 6.02. The smallest absolute Gasteiger partial charge is 0.151 e. The molecule has 0 aliphatic carbocycles. The summed E-state index contributed by atoms with van der Waals surface area (Å²) in [5, 5.41) is 0. The first-order valence-corrected chi connectivity index (χ1v) is 7.41. The van der Waals surface area contributed by atoms with Gasteiger partial charge in [0.25, 0.3) is 0 Å². The molecule has 22 heavy (non-hydrogen) atoms. The quantitative estimate of drug-likeness (QED) is 0.769. The average molecular weight is 287 g/mol. The molecule has 0 aromatic heterocycles. The number of benzene rings is 2. The Balaban J connectivity index is 2.05. The first-order valence-electron chi connectivity index (χ1n) is 7.41. The van der Waals surface area contributed by atoms with E-state index in [0.29, 0.717) is 0 Å². The van der Waals surface area contributed by atoms with E-state index >= 15 is 0 Å². The monoisotopic (exact) mass is 287 g/mol. The van der Waals surface area contributed by atoms with Crippen LogP contribution in [0.4, 0.5) is 11.4 Å². The van der Waals surface area contributed by atoms with Crippen molar-refractivity contribution in [2.45, 2.75) is 13.3 Å². The molecule has 0 N–H and O–H groups in total. The fourth-order valence-corrected chi connectivity index (χ4v) is 3.32. The van der Waals surface area contributed by atoms with Crippen molar-refractivity contribution in [3.8, 4) is 5.75 Å². The first kappa shape index (κ1) is 13.0. The zero-order chi connectivity index (χ0) is 15.3. The lowest BCUT2D eigenvalue weighted by molar-refractivity contribution is 0.430. The van der Waals surface area contributed by atoms with Crippen molar-refractivity contribution in [2.75, 3.05) is 4.90 Å². The number of hydrogen-bond acceptors (Lipinski definition) is 2. The number of ether oxygens (including phenoxy) is 1. The molecule has 0 saturated carbocycles. The van der Waals surface area contributed by atoms with Gasteiger partial charge in [0.05, 0.1) is 11.4 Å². The molecule has 2 nitrogen and oxygen atoms in total. The van der Waals surface area contributed by atoms with Crippen LogP contribution in [0.2, 0.25) is 0 Å². The molecule has 2 heteroatoms. The molecule has 0 unspecified atom stereocenters. The lowest BCUT2D eigenvalue weighted by Crippen LogP contribution is -2.27. The van der Waals surface area contributed by atoms with Crippen molar-refractivity contribution in [1.82, 2.24) is 0 Å².